The van der Waals surface area contributed by atoms with Crippen LogP contribution in [-0.4, -0.2) is 55.0 Å². The van der Waals surface area contributed by atoms with E-state index < -0.39 is 0 Å². The van der Waals surface area contributed by atoms with Gasteiger partial charge in [-0.05, 0) is 45.1 Å². The first-order valence-corrected chi connectivity index (χ1v) is 7.40. The van der Waals surface area contributed by atoms with Crippen LogP contribution in [0.25, 0.3) is 0 Å². The van der Waals surface area contributed by atoms with Crippen molar-refractivity contribution in [2.45, 2.75) is 19.4 Å². The van der Waals surface area contributed by atoms with E-state index in [0.29, 0.717) is 12.1 Å². The summed E-state index contributed by atoms with van der Waals surface area (Å²) in [4.78, 5) is 17.0. The number of nitrogens with two attached hydrogens (primary N) is 1. The maximum absolute atomic E-state index is 12.7. The molecule has 1 fully saturated rings. The van der Waals surface area contributed by atoms with Gasteiger partial charge < -0.3 is 15.5 Å². The van der Waals surface area contributed by atoms with Gasteiger partial charge in [0.2, 0.25) is 0 Å². The molecule has 0 aromatic heterocycles. The number of carbonyl (C=O) groups is 1. The van der Waals surface area contributed by atoms with Crippen molar-refractivity contribution in [1.82, 2.24) is 9.80 Å². The molecule has 1 aromatic carbocycles. The van der Waals surface area contributed by atoms with E-state index in [9.17, 15) is 4.79 Å². The summed E-state index contributed by atoms with van der Waals surface area (Å²) in [6.07, 6.45) is 1.01. The highest BCUT2D eigenvalue weighted by molar-refractivity contribution is 5.94. The molecule has 0 radical (unpaired) electrons. The molecular weight excluding hydrogens is 262 g/mol. The molecule has 112 valence electrons. The first kappa shape index (κ1) is 15.6. The zero-order chi connectivity index (χ0) is 15.2. The number of nitrogens with zero attached hydrogens (tertiary/aromatic N) is 2. The lowest BCUT2D eigenvalue weighted by Crippen LogP contribution is -2.42. The number of amides is 1. The maximum Gasteiger partial charge on any atom is 0.254 e. The third-order valence-electron chi connectivity index (χ3n) is 3.75. The molecule has 0 aliphatic carbocycles. The van der Waals surface area contributed by atoms with Gasteiger partial charge in [-0.25, -0.2) is 0 Å². The fourth-order valence-corrected chi connectivity index (χ4v) is 2.72. The summed E-state index contributed by atoms with van der Waals surface area (Å²) in [5, 5.41) is 0. The van der Waals surface area contributed by atoms with E-state index in [2.05, 4.69) is 30.7 Å². The molecule has 0 spiro atoms. The Morgan fingerprint density at radius 3 is 3.00 bits per heavy atom. The average Bonchev–Trinajstić information content (AvgIpc) is 2.65. The second kappa shape index (κ2) is 7.26. The molecule has 1 heterocycles. The van der Waals surface area contributed by atoms with Crippen molar-refractivity contribution in [3.05, 3.63) is 35.4 Å². The Balaban J connectivity index is 2.18. The Bertz CT molecular complexity index is 559. The van der Waals surface area contributed by atoms with Crippen LogP contribution >= 0.6 is 0 Å². The Kier molecular flexibility index (Phi) is 5.38. The molecule has 1 aromatic rings. The molecule has 4 heteroatoms. The number of benzene rings is 1. The lowest BCUT2D eigenvalue weighted by Gasteiger charge is -2.28. The Labute approximate surface area is 126 Å². The predicted octanol–water partition coefficient (Wildman–Crippen LogP) is 1.16. The van der Waals surface area contributed by atoms with Gasteiger partial charge in [0.25, 0.3) is 5.91 Å². The zero-order valence-electron chi connectivity index (χ0n) is 12.8. The summed E-state index contributed by atoms with van der Waals surface area (Å²) < 4.78 is 0. The Morgan fingerprint density at radius 1 is 1.43 bits per heavy atom. The third kappa shape index (κ3) is 4.07. The lowest BCUT2D eigenvalue weighted by atomic mass is 10.1. The minimum Gasteiger partial charge on any atom is -0.335 e. The van der Waals surface area contributed by atoms with E-state index in [-0.39, 0.29) is 11.9 Å². The monoisotopic (exact) mass is 285 g/mol. The van der Waals surface area contributed by atoms with Crippen LogP contribution in [0.3, 0.4) is 0 Å². The zero-order valence-corrected chi connectivity index (χ0v) is 12.8. The summed E-state index contributed by atoms with van der Waals surface area (Å²) in [5.74, 6) is 5.89. The average molecular weight is 285 g/mol. The van der Waals surface area contributed by atoms with Crippen LogP contribution in [0.4, 0.5) is 0 Å². The van der Waals surface area contributed by atoms with Crippen molar-refractivity contribution < 1.29 is 4.79 Å². The van der Waals surface area contributed by atoms with Crippen molar-refractivity contribution in [2.24, 2.45) is 5.73 Å². The smallest absolute Gasteiger partial charge is 0.254 e. The van der Waals surface area contributed by atoms with Crippen LogP contribution < -0.4 is 5.73 Å². The highest BCUT2D eigenvalue weighted by atomic mass is 16.2. The van der Waals surface area contributed by atoms with Crippen molar-refractivity contribution in [3.8, 4) is 11.8 Å². The van der Waals surface area contributed by atoms with Gasteiger partial charge in [0.05, 0.1) is 6.54 Å². The van der Waals surface area contributed by atoms with Gasteiger partial charge in [0, 0.05) is 30.3 Å². The molecule has 1 aliphatic heterocycles. The molecule has 1 atom stereocenters. The topological polar surface area (TPSA) is 49.6 Å². The molecule has 0 saturated carbocycles. The Hall–Kier alpha value is -1.83. The van der Waals surface area contributed by atoms with Crippen LogP contribution in [0.2, 0.25) is 0 Å². The van der Waals surface area contributed by atoms with Crippen molar-refractivity contribution >= 4 is 5.91 Å². The standard InChI is InChI=1S/C17H23N3O/c1-14-13-19(2)10-5-11-20(14)17(21)16-8-3-6-15(12-16)7-4-9-18/h3,6,8,12,14H,5,9-11,13,18H2,1-2H3. The SMILES string of the molecule is CC1CN(C)CCCN1C(=O)c1cccc(C#CCN)c1. The fourth-order valence-electron chi connectivity index (χ4n) is 2.72. The molecular formula is C17H23N3O. The predicted molar refractivity (Wildman–Crippen MR) is 85.0 cm³/mol. The number of hydrogen-bond donors (Lipinski definition) is 1. The lowest BCUT2D eigenvalue weighted by molar-refractivity contribution is 0.0696. The summed E-state index contributed by atoms with van der Waals surface area (Å²) in [6.45, 7) is 5.20. The molecule has 0 bridgehead atoms. The number of rotatable bonds is 1. The van der Waals surface area contributed by atoms with Gasteiger partial charge in [-0.15, -0.1) is 0 Å². The third-order valence-corrected chi connectivity index (χ3v) is 3.75. The summed E-state index contributed by atoms with van der Waals surface area (Å²) in [6, 6.07) is 7.72. The molecule has 2 N–H and O–H groups in total. The molecule has 4 nitrogen and oxygen atoms in total. The van der Waals surface area contributed by atoms with Gasteiger partial charge >= 0.3 is 0 Å². The second-order valence-electron chi connectivity index (χ2n) is 5.55. The maximum atomic E-state index is 12.7. The summed E-state index contributed by atoms with van der Waals surface area (Å²) >= 11 is 0. The quantitative estimate of drug-likeness (QED) is 0.788. The van der Waals surface area contributed by atoms with Crippen molar-refractivity contribution in [2.75, 3.05) is 33.2 Å². The highest BCUT2D eigenvalue weighted by Gasteiger charge is 2.24. The van der Waals surface area contributed by atoms with Crippen LogP contribution in [0.15, 0.2) is 24.3 Å². The molecule has 21 heavy (non-hydrogen) atoms. The first-order chi connectivity index (χ1) is 10.1. The van der Waals surface area contributed by atoms with Gasteiger partial charge in [-0.1, -0.05) is 17.9 Å². The van der Waals surface area contributed by atoms with Gasteiger partial charge in [0.1, 0.15) is 0 Å². The van der Waals surface area contributed by atoms with Crippen molar-refractivity contribution in [3.63, 3.8) is 0 Å². The molecule has 1 amide bonds. The minimum atomic E-state index is 0.0919. The first-order valence-electron chi connectivity index (χ1n) is 7.40. The summed E-state index contributed by atoms with van der Waals surface area (Å²) in [7, 11) is 2.10. The van der Waals surface area contributed by atoms with E-state index in [0.717, 1.165) is 31.6 Å². The number of carbonyl (C=O) groups excluding carboxylic acids is 1. The molecule has 2 rings (SSSR count). The van der Waals surface area contributed by atoms with E-state index >= 15 is 0 Å². The molecule has 1 unspecified atom stereocenters. The van der Waals surface area contributed by atoms with Crippen molar-refractivity contribution in [1.29, 1.82) is 0 Å². The van der Waals surface area contributed by atoms with Crippen LogP contribution in [0.1, 0.15) is 29.3 Å². The van der Waals surface area contributed by atoms with Gasteiger partial charge in [-0.3, -0.25) is 4.79 Å². The number of likely N-dealkylation sites (N-methyl/N-ethyl adjacent to an activating group) is 1. The minimum absolute atomic E-state index is 0.0919. The summed E-state index contributed by atoms with van der Waals surface area (Å²) in [5.41, 5.74) is 6.93. The second-order valence-corrected chi connectivity index (χ2v) is 5.55. The van der Waals surface area contributed by atoms with E-state index in [1.54, 1.807) is 0 Å². The molecule has 1 aliphatic rings. The Morgan fingerprint density at radius 2 is 2.24 bits per heavy atom. The van der Waals surface area contributed by atoms with E-state index in [1.165, 1.54) is 0 Å². The molecule has 1 saturated heterocycles. The van der Waals surface area contributed by atoms with Gasteiger partial charge in [-0.2, -0.15) is 0 Å². The van der Waals surface area contributed by atoms with Gasteiger partial charge in [0.15, 0.2) is 0 Å². The van der Waals surface area contributed by atoms with E-state index in [1.807, 2.05) is 29.2 Å². The number of hydrogen-bond acceptors (Lipinski definition) is 3. The normalized spacial score (nSPS) is 19.6. The van der Waals surface area contributed by atoms with Crippen LogP contribution in [0.5, 0.6) is 0 Å². The largest absolute Gasteiger partial charge is 0.335 e. The fraction of sp³-hybridized carbons (Fsp3) is 0.471. The highest BCUT2D eigenvalue weighted by Crippen LogP contribution is 2.14. The van der Waals surface area contributed by atoms with Crippen LogP contribution in [-0.2, 0) is 0 Å². The van der Waals surface area contributed by atoms with E-state index in [4.69, 9.17) is 5.73 Å². The van der Waals surface area contributed by atoms with Crippen LogP contribution in [0, 0.1) is 11.8 Å².